The molecule has 0 fully saturated rings. The number of nitrogens with zero attached hydrogens (tertiary/aromatic N) is 4. The van der Waals surface area contributed by atoms with Crippen LogP contribution in [-0.4, -0.2) is 53.9 Å². The highest BCUT2D eigenvalue weighted by molar-refractivity contribution is 5.90. The summed E-state index contributed by atoms with van der Waals surface area (Å²) in [6, 6.07) is 9.19. The quantitative estimate of drug-likeness (QED) is 0.126. The summed E-state index contributed by atoms with van der Waals surface area (Å²) in [6.45, 7) is 3.71. The SMILES string of the molecule is CCOC(=O)N1c2ccc(OC)nc2C(Nc2ncc(Oc3ccc(C(=O)OC)cc3)c(Cc3cc(C(F)(F)F)cc(C(F)(F)F)c3)n2)CC1CC. The maximum absolute atomic E-state index is 13.7. The summed E-state index contributed by atoms with van der Waals surface area (Å²) in [4.78, 5) is 39.8. The summed E-state index contributed by atoms with van der Waals surface area (Å²) in [6.07, 6.45) is -9.18. The van der Waals surface area contributed by atoms with E-state index in [0.29, 0.717) is 36.4 Å². The molecule has 2 aromatic carbocycles. The van der Waals surface area contributed by atoms with Gasteiger partial charge in [-0.15, -0.1) is 0 Å². The molecule has 0 bridgehead atoms. The molecule has 4 aromatic rings. The van der Waals surface area contributed by atoms with Crippen LogP contribution in [0.3, 0.4) is 0 Å². The first-order valence-electron chi connectivity index (χ1n) is 15.9. The minimum absolute atomic E-state index is 0.0439. The van der Waals surface area contributed by atoms with E-state index in [1.54, 1.807) is 19.1 Å². The van der Waals surface area contributed by atoms with Crippen molar-refractivity contribution in [3.63, 3.8) is 0 Å². The van der Waals surface area contributed by atoms with Crippen LogP contribution >= 0.6 is 0 Å². The number of aromatic nitrogens is 3. The number of nitrogens with one attached hydrogen (secondary N) is 1. The molecule has 2 aromatic heterocycles. The van der Waals surface area contributed by atoms with Crippen LogP contribution in [0.2, 0.25) is 0 Å². The third kappa shape index (κ3) is 8.46. The second kappa shape index (κ2) is 15.3. The van der Waals surface area contributed by atoms with E-state index in [2.05, 4.69) is 20.3 Å². The number of benzene rings is 2. The fourth-order valence-electron chi connectivity index (χ4n) is 5.69. The van der Waals surface area contributed by atoms with Crippen LogP contribution in [0.15, 0.2) is 60.8 Å². The van der Waals surface area contributed by atoms with E-state index < -0.39 is 48.0 Å². The Labute approximate surface area is 293 Å². The molecule has 52 heavy (non-hydrogen) atoms. The fraction of sp³-hybridized carbons (Fsp3) is 0.343. The highest BCUT2D eigenvalue weighted by Crippen LogP contribution is 2.41. The van der Waals surface area contributed by atoms with Crippen molar-refractivity contribution in [2.75, 3.05) is 31.0 Å². The minimum Gasteiger partial charge on any atom is -0.481 e. The van der Waals surface area contributed by atoms with Crippen LogP contribution < -0.4 is 19.7 Å². The number of amides is 1. The van der Waals surface area contributed by atoms with Crippen LogP contribution in [0.4, 0.5) is 42.8 Å². The van der Waals surface area contributed by atoms with E-state index in [4.69, 9.17) is 18.9 Å². The van der Waals surface area contributed by atoms with Gasteiger partial charge in [-0.1, -0.05) is 6.92 Å². The molecule has 0 saturated heterocycles. The Bertz CT molecular complexity index is 1890. The molecule has 5 rings (SSSR count). The summed E-state index contributed by atoms with van der Waals surface area (Å²) in [5, 5.41) is 3.17. The van der Waals surface area contributed by atoms with Gasteiger partial charge < -0.3 is 24.3 Å². The van der Waals surface area contributed by atoms with Gasteiger partial charge in [0.2, 0.25) is 11.8 Å². The highest BCUT2D eigenvalue weighted by Gasteiger charge is 2.39. The zero-order valence-corrected chi connectivity index (χ0v) is 28.3. The molecule has 0 aliphatic carbocycles. The monoisotopic (exact) mass is 733 g/mol. The average Bonchev–Trinajstić information content (AvgIpc) is 3.11. The van der Waals surface area contributed by atoms with Gasteiger partial charge in [0.05, 0.1) is 66.8 Å². The smallest absolute Gasteiger partial charge is 0.416 e. The number of rotatable bonds is 10. The van der Waals surface area contributed by atoms with Crippen molar-refractivity contribution in [2.24, 2.45) is 0 Å². The van der Waals surface area contributed by atoms with Crippen molar-refractivity contribution in [3.05, 3.63) is 94.4 Å². The Morgan fingerprint density at radius 1 is 0.923 bits per heavy atom. The Hall–Kier alpha value is -5.61. The topological polar surface area (TPSA) is 125 Å². The lowest BCUT2D eigenvalue weighted by atomic mass is 9.93. The van der Waals surface area contributed by atoms with E-state index in [0.717, 1.165) is 0 Å². The van der Waals surface area contributed by atoms with Crippen molar-refractivity contribution in [2.45, 2.75) is 57.5 Å². The van der Waals surface area contributed by atoms with Gasteiger partial charge in [0.25, 0.3) is 0 Å². The van der Waals surface area contributed by atoms with Gasteiger partial charge >= 0.3 is 24.4 Å². The molecule has 1 N–H and O–H groups in total. The normalized spacial score (nSPS) is 15.8. The molecule has 0 radical (unpaired) electrons. The second-order valence-electron chi connectivity index (χ2n) is 11.5. The number of ether oxygens (including phenoxy) is 4. The number of halogens is 6. The van der Waals surface area contributed by atoms with E-state index in [1.165, 1.54) is 49.6 Å². The molecule has 3 heterocycles. The molecule has 1 amide bonds. The van der Waals surface area contributed by atoms with Crippen LogP contribution in [0.1, 0.15) is 71.2 Å². The van der Waals surface area contributed by atoms with E-state index in [9.17, 15) is 35.9 Å². The van der Waals surface area contributed by atoms with Crippen LogP contribution in [0.25, 0.3) is 0 Å². The average molecular weight is 734 g/mol. The first-order valence-corrected chi connectivity index (χ1v) is 15.9. The number of hydrogen-bond donors (Lipinski definition) is 1. The number of carbonyl (C=O) groups excluding carboxylic acids is 2. The Kier molecular flexibility index (Phi) is 11.1. The molecular formula is C35H33F6N5O6. The minimum atomic E-state index is -5.06. The Morgan fingerprint density at radius 2 is 1.60 bits per heavy atom. The maximum atomic E-state index is 13.7. The Balaban J connectivity index is 1.57. The number of alkyl halides is 6. The van der Waals surface area contributed by atoms with Crippen molar-refractivity contribution in [3.8, 4) is 17.4 Å². The summed E-state index contributed by atoms with van der Waals surface area (Å²) in [5.41, 5.74) is -2.34. The van der Waals surface area contributed by atoms with E-state index in [1.807, 2.05) is 6.92 Å². The van der Waals surface area contributed by atoms with E-state index in [-0.39, 0.29) is 58.9 Å². The first kappa shape index (κ1) is 37.6. The van der Waals surface area contributed by atoms with Crippen molar-refractivity contribution >= 4 is 23.7 Å². The van der Waals surface area contributed by atoms with Gasteiger partial charge in [-0.3, -0.25) is 4.90 Å². The van der Waals surface area contributed by atoms with Crippen LogP contribution in [0.5, 0.6) is 17.4 Å². The zero-order chi connectivity index (χ0) is 37.8. The molecule has 2 atom stereocenters. The first-order chi connectivity index (χ1) is 24.6. The van der Waals surface area contributed by atoms with Gasteiger partial charge in [0.15, 0.2) is 5.75 Å². The predicted octanol–water partition coefficient (Wildman–Crippen LogP) is 8.39. The number of anilines is 2. The lowest BCUT2D eigenvalue weighted by molar-refractivity contribution is -0.143. The summed E-state index contributed by atoms with van der Waals surface area (Å²) in [7, 11) is 2.63. The number of fused-ring (bicyclic) bond motifs is 1. The molecule has 11 nitrogen and oxygen atoms in total. The van der Waals surface area contributed by atoms with Crippen molar-refractivity contribution in [1.29, 1.82) is 0 Å². The summed E-state index contributed by atoms with van der Waals surface area (Å²) < 4.78 is 104. The van der Waals surface area contributed by atoms with Crippen LogP contribution in [0, 0.1) is 0 Å². The molecule has 0 saturated carbocycles. The zero-order valence-electron chi connectivity index (χ0n) is 28.3. The molecule has 1 aliphatic heterocycles. The number of pyridine rings is 1. The third-order valence-electron chi connectivity index (χ3n) is 8.14. The van der Waals surface area contributed by atoms with Gasteiger partial charge in [-0.25, -0.2) is 24.5 Å². The summed E-state index contributed by atoms with van der Waals surface area (Å²) in [5.74, 6) is -0.320. The summed E-state index contributed by atoms with van der Waals surface area (Å²) >= 11 is 0. The maximum Gasteiger partial charge on any atom is 0.416 e. The van der Waals surface area contributed by atoms with Crippen molar-refractivity contribution in [1.82, 2.24) is 15.0 Å². The largest absolute Gasteiger partial charge is 0.481 e. The highest BCUT2D eigenvalue weighted by atomic mass is 19.4. The molecule has 1 aliphatic rings. The molecule has 276 valence electrons. The lowest BCUT2D eigenvalue weighted by Gasteiger charge is -2.39. The second-order valence-corrected chi connectivity index (χ2v) is 11.5. The van der Waals surface area contributed by atoms with Gasteiger partial charge in [0, 0.05) is 18.5 Å². The van der Waals surface area contributed by atoms with E-state index >= 15 is 0 Å². The van der Waals surface area contributed by atoms with Gasteiger partial charge in [0.1, 0.15) is 5.75 Å². The molecular weight excluding hydrogens is 700 g/mol. The molecule has 0 spiro atoms. The number of esters is 1. The standard InChI is InChI=1S/C35H33F6N5O6/c1-5-23-17-26(30-27(11-12-29(45-30)49-3)46(23)33(48)51-6-2)44-32-42-18-28(52-24-9-7-20(8-10-24)31(47)50-4)25(43-32)15-19-13-21(34(36,37)38)16-22(14-19)35(39,40)41/h7-14,16,18,23,26H,5-6,15,17H2,1-4H3,(H,42,43,44). The van der Waals surface area contributed by atoms with Gasteiger partial charge in [-0.05, 0) is 73.9 Å². The molecule has 2 unspecified atom stereocenters. The predicted molar refractivity (Wildman–Crippen MR) is 174 cm³/mol. The fourth-order valence-corrected chi connectivity index (χ4v) is 5.69. The van der Waals surface area contributed by atoms with Crippen molar-refractivity contribution < 1.29 is 54.9 Å². The van der Waals surface area contributed by atoms with Crippen LogP contribution in [-0.2, 0) is 28.2 Å². The Morgan fingerprint density at radius 3 is 2.17 bits per heavy atom. The number of methoxy groups -OCH3 is 2. The third-order valence-corrected chi connectivity index (χ3v) is 8.14. The lowest BCUT2D eigenvalue weighted by Crippen LogP contribution is -2.46. The number of carbonyl (C=O) groups is 2. The van der Waals surface area contributed by atoms with Gasteiger partial charge in [-0.2, -0.15) is 26.3 Å². The number of hydrogen-bond acceptors (Lipinski definition) is 10. The molecule has 17 heteroatoms.